The van der Waals surface area contributed by atoms with Gasteiger partial charge in [-0.1, -0.05) is 175 Å². The first-order chi connectivity index (χ1) is 25.0. The van der Waals surface area contributed by atoms with Gasteiger partial charge in [0.1, 0.15) is 0 Å². The zero-order valence-electron chi connectivity index (χ0n) is 34.8. The van der Waals surface area contributed by atoms with E-state index in [0.29, 0.717) is 19.1 Å². The van der Waals surface area contributed by atoms with Crippen molar-refractivity contribution in [1.82, 2.24) is 4.90 Å². The Morgan fingerprint density at radius 2 is 0.725 bits per heavy atom. The number of hydrogen-bond donors (Lipinski definition) is 0. The molecule has 0 saturated carbocycles. The smallest absolute Gasteiger partial charge is 0.308 e. The Morgan fingerprint density at radius 3 is 1.12 bits per heavy atom. The van der Waals surface area contributed by atoms with E-state index < -0.39 is 0 Å². The largest absolute Gasteiger partial charge is 0.465 e. The third-order valence-electron chi connectivity index (χ3n) is 10.7. The minimum atomic E-state index is 0.0575. The van der Waals surface area contributed by atoms with Gasteiger partial charge in [-0.15, -0.1) is 11.6 Å². The van der Waals surface area contributed by atoms with Crippen molar-refractivity contribution in [3.63, 3.8) is 0 Å². The number of hydrogen-bond acceptors (Lipinski definition) is 5. The number of unbranched alkanes of at least 4 members (excludes halogenated alkanes) is 21. The minimum Gasteiger partial charge on any atom is -0.465 e. The van der Waals surface area contributed by atoms with E-state index >= 15 is 0 Å². The predicted octanol–water partition coefficient (Wildman–Crippen LogP) is 14.0. The van der Waals surface area contributed by atoms with Crippen molar-refractivity contribution in [2.75, 3.05) is 38.7 Å². The van der Waals surface area contributed by atoms with Crippen molar-refractivity contribution in [2.45, 2.75) is 227 Å². The molecule has 2 atom stereocenters. The molecule has 0 aliphatic rings. The maximum atomic E-state index is 12.7. The summed E-state index contributed by atoms with van der Waals surface area (Å²) in [4.78, 5) is 27.9. The van der Waals surface area contributed by atoms with Gasteiger partial charge in [-0.3, -0.25) is 9.59 Å². The van der Waals surface area contributed by atoms with Crippen LogP contribution < -0.4 is 0 Å². The predicted molar refractivity (Wildman–Crippen MR) is 222 cm³/mol. The van der Waals surface area contributed by atoms with Gasteiger partial charge in [0.25, 0.3) is 0 Å². The van der Waals surface area contributed by atoms with E-state index in [1.54, 1.807) is 0 Å². The van der Waals surface area contributed by atoms with Gasteiger partial charge in [0.15, 0.2) is 0 Å². The molecule has 0 aromatic heterocycles. The number of halogens is 1. The third kappa shape index (κ3) is 33.5. The summed E-state index contributed by atoms with van der Waals surface area (Å²) in [6.45, 7) is 13.4. The van der Waals surface area contributed by atoms with Gasteiger partial charge in [0.05, 0.1) is 25.0 Å². The fourth-order valence-electron chi connectivity index (χ4n) is 7.17. The van der Waals surface area contributed by atoms with Crippen LogP contribution >= 0.6 is 11.6 Å². The Kier molecular flexibility index (Phi) is 39.7. The van der Waals surface area contributed by atoms with Crippen LogP contribution in [0.3, 0.4) is 0 Å². The van der Waals surface area contributed by atoms with E-state index in [1.165, 1.54) is 116 Å². The molecule has 0 aliphatic carbocycles. The summed E-state index contributed by atoms with van der Waals surface area (Å²) < 4.78 is 11.4. The molecule has 0 rings (SSSR count). The molecule has 6 heteroatoms. The second kappa shape index (κ2) is 40.4. The Balaban J connectivity index is 3.86. The number of alkyl halides is 1. The fourth-order valence-corrected chi connectivity index (χ4v) is 7.40. The van der Waals surface area contributed by atoms with Crippen LogP contribution in [-0.2, 0) is 19.1 Å². The average molecular weight is 743 g/mol. The first kappa shape index (κ1) is 50.2. The Morgan fingerprint density at radius 1 is 0.412 bits per heavy atom. The normalized spacial score (nSPS) is 12.7. The molecular weight excluding hydrogens is 654 g/mol. The van der Waals surface area contributed by atoms with E-state index in [2.05, 4.69) is 32.6 Å². The van der Waals surface area contributed by atoms with Crippen molar-refractivity contribution in [3.8, 4) is 0 Å². The molecule has 2 unspecified atom stereocenters. The number of ether oxygens (including phenoxy) is 2. The molecule has 0 bridgehead atoms. The van der Waals surface area contributed by atoms with Gasteiger partial charge in [-0.2, -0.15) is 0 Å². The lowest BCUT2D eigenvalue weighted by atomic mass is 9.95. The maximum absolute atomic E-state index is 12.7. The molecule has 0 radical (unpaired) electrons. The first-order valence-corrected chi connectivity index (χ1v) is 23.2. The van der Waals surface area contributed by atoms with Crippen LogP contribution in [0, 0.1) is 11.8 Å². The summed E-state index contributed by atoms with van der Waals surface area (Å²) in [6.07, 6.45) is 36.7. The Hall–Kier alpha value is -0.810. The van der Waals surface area contributed by atoms with E-state index in [9.17, 15) is 9.59 Å². The zero-order chi connectivity index (χ0) is 37.5. The Labute approximate surface area is 323 Å². The summed E-state index contributed by atoms with van der Waals surface area (Å²) in [5.74, 6) is 1.07. The second-order valence-corrected chi connectivity index (χ2v) is 15.9. The first-order valence-electron chi connectivity index (χ1n) is 22.6. The molecule has 0 N–H and O–H groups in total. The summed E-state index contributed by atoms with van der Waals surface area (Å²) in [7, 11) is 0. The van der Waals surface area contributed by atoms with Gasteiger partial charge in [-0.05, 0) is 64.5 Å². The summed E-state index contributed by atoms with van der Waals surface area (Å²) in [6, 6.07) is 0. The van der Waals surface area contributed by atoms with Crippen molar-refractivity contribution in [3.05, 3.63) is 0 Å². The highest BCUT2D eigenvalue weighted by Crippen LogP contribution is 2.21. The topological polar surface area (TPSA) is 55.8 Å². The summed E-state index contributed by atoms with van der Waals surface area (Å²) in [5, 5.41) is 0. The number of nitrogens with zero attached hydrogens (tertiary/aromatic N) is 1. The van der Waals surface area contributed by atoms with Crippen molar-refractivity contribution >= 4 is 23.5 Å². The van der Waals surface area contributed by atoms with Crippen LogP contribution in [0.25, 0.3) is 0 Å². The van der Waals surface area contributed by atoms with E-state index in [0.717, 1.165) is 103 Å². The lowest BCUT2D eigenvalue weighted by molar-refractivity contribution is -0.150. The monoisotopic (exact) mass is 742 g/mol. The summed E-state index contributed by atoms with van der Waals surface area (Å²) >= 11 is 6.13. The number of carbonyl (C=O) groups is 2. The second-order valence-electron chi connectivity index (χ2n) is 15.5. The fraction of sp³-hybridized carbons (Fsp3) is 0.956. The zero-order valence-corrected chi connectivity index (χ0v) is 35.5. The van der Waals surface area contributed by atoms with Gasteiger partial charge in [0, 0.05) is 12.4 Å². The van der Waals surface area contributed by atoms with Crippen LogP contribution in [0.4, 0.5) is 0 Å². The Bertz CT molecular complexity index is 735. The standard InChI is InChI=1S/C45H88ClNO4/c1-5-9-13-26-34-42(32-12-8-4)44(48)50-40-30-23-19-15-17-21-28-37-47(39-36-46)38-29-22-18-16-20-24-31-41-51-45(49)43(33-25-11-7-3)35-27-14-10-6-2/h42-43H,5-41H2,1-4H3. The molecule has 51 heavy (non-hydrogen) atoms. The molecular formula is C45H88ClNO4. The number of rotatable bonds is 41. The van der Waals surface area contributed by atoms with Crippen LogP contribution in [0.2, 0.25) is 0 Å². The van der Waals surface area contributed by atoms with Gasteiger partial charge < -0.3 is 14.4 Å². The molecule has 0 heterocycles. The SMILES string of the molecule is CCCCCCC(CCCC)C(=O)OCCCCCCCCCN(CCCl)CCCCCCCCCOC(=O)C(CCCCC)CCCCCC. The van der Waals surface area contributed by atoms with Crippen molar-refractivity contribution in [1.29, 1.82) is 0 Å². The lowest BCUT2D eigenvalue weighted by Crippen LogP contribution is -2.28. The summed E-state index contributed by atoms with van der Waals surface area (Å²) in [5.41, 5.74) is 0. The number of esters is 2. The molecule has 0 fully saturated rings. The highest BCUT2D eigenvalue weighted by molar-refractivity contribution is 6.18. The molecule has 0 aromatic rings. The van der Waals surface area contributed by atoms with E-state index in [-0.39, 0.29) is 23.8 Å². The number of carbonyl (C=O) groups excluding carboxylic acids is 2. The van der Waals surface area contributed by atoms with Gasteiger partial charge in [0.2, 0.25) is 0 Å². The van der Waals surface area contributed by atoms with Crippen molar-refractivity contribution < 1.29 is 19.1 Å². The highest BCUT2D eigenvalue weighted by Gasteiger charge is 2.20. The van der Waals surface area contributed by atoms with Crippen molar-refractivity contribution in [2.24, 2.45) is 11.8 Å². The third-order valence-corrected chi connectivity index (χ3v) is 10.8. The van der Waals surface area contributed by atoms with Crippen LogP contribution in [-0.4, -0.2) is 55.6 Å². The molecule has 0 aliphatic heterocycles. The average Bonchev–Trinajstić information content (AvgIpc) is 3.13. The van der Waals surface area contributed by atoms with Crippen LogP contribution in [0.15, 0.2) is 0 Å². The van der Waals surface area contributed by atoms with Gasteiger partial charge >= 0.3 is 11.9 Å². The van der Waals surface area contributed by atoms with E-state index in [4.69, 9.17) is 21.1 Å². The van der Waals surface area contributed by atoms with E-state index in [1.807, 2.05) is 0 Å². The highest BCUT2D eigenvalue weighted by atomic mass is 35.5. The van der Waals surface area contributed by atoms with Crippen LogP contribution in [0.5, 0.6) is 0 Å². The molecule has 5 nitrogen and oxygen atoms in total. The molecule has 0 amide bonds. The molecule has 0 spiro atoms. The van der Waals surface area contributed by atoms with Gasteiger partial charge in [-0.25, -0.2) is 0 Å². The molecule has 0 aromatic carbocycles. The van der Waals surface area contributed by atoms with Crippen LogP contribution in [0.1, 0.15) is 227 Å². The lowest BCUT2D eigenvalue weighted by Gasteiger charge is -2.21. The quantitative estimate of drug-likeness (QED) is 0.0355. The maximum Gasteiger partial charge on any atom is 0.308 e. The minimum absolute atomic E-state index is 0.0575. The molecule has 304 valence electrons. The molecule has 0 saturated heterocycles.